The zero-order chi connectivity index (χ0) is 28.4. The first-order chi connectivity index (χ1) is 19.1. The lowest BCUT2D eigenvalue weighted by Crippen LogP contribution is -2.45. The smallest absolute Gasteiger partial charge is 0.410 e. The van der Waals surface area contributed by atoms with Gasteiger partial charge in [0.15, 0.2) is 5.69 Å². The highest BCUT2D eigenvalue weighted by Crippen LogP contribution is 2.34. The molecular weight excluding hydrogens is 533 g/mol. The van der Waals surface area contributed by atoms with Gasteiger partial charge in [0.2, 0.25) is 0 Å². The summed E-state index contributed by atoms with van der Waals surface area (Å²) in [6.07, 6.45) is 4.54. The van der Waals surface area contributed by atoms with Gasteiger partial charge in [-0.2, -0.15) is 5.10 Å². The Morgan fingerprint density at radius 2 is 1.68 bits per heavy atom. The predicted molar refractivity (Wildman–Crippen MR) is 152 cm³/mol. The van der Waals surface area contributed by atoms with E-state index >= 15 is 0 Å². The molecule has 40 heavy (non-hydrogen) atoms. The van der Waals surface area contributed by atoms with Crippen molar-refractivity contribution in [1.82, 2.24) is 25.1 Å². The third-order valence-corrected chi connectivity index (χ3v) is 7.01. The number of aromatic nitrogens is 2. The topological polar surface area (TPSA) is 79.7 Å². The number of benzene rings is 2. The highest BCUT2D eigenvalue weighted by Gasteiger charge is 2.35. The first-order valence-corrected chi connectivity index (χ1v) is 13.8. The van der Waals surface area contributed by atoms with Crippen molar-refractivity contribution in [2.24, 2.45) is 0 Å². The average Bonchev–Trinajstić information content (AvgIpc) is 3.30. The lowest BCUT2D eigenvalue weighted by molar-refractivity contribution is 0.0253. The molecule has 0 atom stereocenters. The van der Waals surface area contributed by atoms with Gasteiger partial charge in [0.05, 0.1) is 24.5 Å². The van der Waals surface area contributed by atoms with Crippen molar-refractivity contribution in [3.63, 3.8) is 0 Å². The normalized spacial score (nSPS) is 17.0. The van der Waals surface area contributed by atoms with Crippen LogP contribution in [-0.4, -0.2) is 56.9 Å². The maximum atomic E-state index is 13.7. The summed E-state index contributed by atoms with van der Waals surface area (Å²) in [4.78, 5) is 28.5. The summed E-state index contributed by atoms with van der Waals surface area (Å²) < 4.78 is 21.1. The van der Waals surface area contributed by atoms with Crippen LogP contribution in [0, 0.1) is 5.82 Å². The Balaban J connectivity index is 1.64. The summed E-state index contributed by atoms with van der Waals surface area (Å²) in [6, 6.07) is 13.3. The molecule has 0 bridgehead atoms. The molecule has 8 nitrogen and oxygen atoms in total. The van der Waals surface area contributed by atoms with E-state index in [1.165, 1.54) is 12.1 Å². The van der Waals surface area contributed by atoms with Crippen LogP contribution in [0.25, 0.3) is 17.3 Å². The molecule has 10 heteroatoms. The molecule has 3 aromatic rings. The van der Waals surface area contributed by atoms with E-state index in [1.807, 2.05) is 44.0 Å². The molecule has 0 saturated carbocycles. The van der Waals surface area contributed by atoms with Gasteiger partial charge in [-0.25, -0.2) is 18.9 Å². The number of piperidine rings is 1. The monoisotopic (exact) mass is 565 g/mol. The third-order valence-electron chi connectivity index (χ3n) is 6.76. The van der Waals surface area contributed by atoms with E-state index in [-0.39, 0.29) is 30.5 Å². The maximum absolute atomic E-state index is 13.7. The molecule has 1 aromatic heterocycles. The first kappa shape index (κ1) is 27.9. The van der Waals surface area contributed by atoms with Crippen molar-refractivity contribution in [2.75, 3.05) is 19.6 Å². The van der Waals surface area contributed by atoms with Gasteiger partial charge >= 0.3 is 6.09 Å². The molecular formula is C30H33ClFN5O3. The Hall–Kier alpha value is -3.69. The van der Waals surface area contributed by atoms with E-state index in [9.17, 15) is 14.0 Å². The molecule has 1 saturated heterocycles. The van der Waals surface area contributed by atoms with E-state index in [1.54, 1.807) is 33.8 Å². The van der Waals surface area contributed by atoms with Gasteiger partial charge in [-0.05, 0) is 87.2 Å². The van der Waals surface area contributed by atoms with Crippen LogP contribution in [0.3, 0.4) is 0 Å². The van der Waals surface area contributed by atoms with Crippen molar-refractivity contribution >= 4 is 35.3 Å². The van der Waals surface area contributed by atoms with Crippen LogP contribution >= 0.6 is 11.6 Å². The lowest BCUT2D eigenvalue weighted by atomic mass is 9.97. The standard InChI is InChI=1S/C30H33ClFN5O3/c1-30(2,3)40-29(39)35-18-21(17-20-7-11-23(32)12-8-20)27-25(19-35)26(28(38)34-36-15-5-4-6-16-36)33-37(27)24-13-9-22(31)10-14-24/h7-14,17H,4-6,15-16,18-19H2,1-3H3,(H,34,38). The average molecular weight is 566 g/mol. The molecule has 0 radical (unpaired) electrons. The minimum Gasteiger partial charge on any atom is -0.444 e. The number of nitrogens with zero attached hydrogens (tertiary/aromatic N) is 4. The van der Waals surface area contributed by atoms with Crippen molar-refractivity contribution in [3.8, 4) is 5.69 Å². The Labute approximate surface area is 238 Å². The Bertz CT molecular complexity index is 1420. The number of rotatable bonds is 4. The number of halogens is 2. The molecule has 3 heterocycles. The van der Waals surface area contributed by atoms with E-state index < -0.39 is 11.7 Å². The lowest BCUT2D eigenvalue weighted by Gasteiger charge is -2.32. The summed E-state index contributed by atoms with van der Waals surface area (Å²) in [6.45, 7) is 7.33. The molecule has 210 valence electrons. The number of ether oxygens (including phenoxy) is 1. The fourth-order valence-corrected chi connectivity index (χ4v) is 5.07. The van der Waals surface area contributed by atoms with Gasteiger partial charge in [-0.3, -0.25) is 15.1 Å². The minimum absolute atomic E-state index is 0.140. The zero-order valence-corrected chi connectivity index (χ0v) is 23.7. The number of carbonyl (C=O) groups is 2. The van der Waals surface area contributed by atoms with Crippen molar-refractivity contribution in [1.29, 1.82) is 0 Å². The molecule has 0 aliphatic carbocycles. The van der Waals surface area contributed by atoms with Crippen LogP contribution in [0.5, 0.6) is 0 Å². The Morgan fingerprint density at radius 1 is 1.00 bits per heavy atom. The van der Waals surface area contributed by atoms with E-state index in [4.69, 9.17) is 21.4 Å². The van der Waals surface area contributed by atoms with Gasteiger partial charge in [-0.1, -0.05) is 30.2 Å². The highest BCUT2D eigenvalue weighted by molar-refractivity contribution is 6.30. The molecule has 2 aliphatic heterocycles. The van der Waals surface area contributed by atoms with Crippen molar-refractivity contribution < 1.29 is 18.7 Å². The molecule has 0 spiro atoms. The zero-order valence-electron chi connectivity index (χ0n) is 22.9. The number of hydrazine groups is 1. The summed E-state index contributed by atoms with van der Waals surface area (Å²) in [5.41, 5.74) is 6.06. The number of amides is 2. The van der Waals surface area contributed by atoms with Gasteiger partial charge in [0, 0.05) is 23.7 Å². The molecule has 2 aliphatic rings. The minimum atomic E-state index is -0.694. The van der Waals surface area contributed by atoms with Crippen LogP contribution < -0.4 is 5.43 Å². The SMILES string of the molecule is CC(C)(C)OC(=O)N1CC(=Cc2ccc(F)cc2)c2c(c(C(=O)NN3CCCCC3)nn2-c2ccc(Cl)cc2)C1. The van der Waals surface area contributed by atoms with Crippen LogP contribution in [0.4, 0.5) is 9.18 Å². The fourth-order valence-electron chi connectivity index (χ4n) is 4.94. The van der Waals surface area contributed by atoms with Crippen LogP contribution in [0.2, 0.25) is 5.02 Å². The molecule has 0 unspecified atom stereocenters. The maximum Gasteiger partial charge on any atom is 0.410 e. The second-order valence-corrected chi connectivity index (χ2v) is 11.5. The summed E-state index contributed by atoms with van der Waals surface area (Å²) in [5.74, 6) is -0.678. The Morgan fingerprint density at radius 3 is 2.33 bits per heavy atom. The van der Waals surface area contributed by atoms with E-state index in [0.29, 0.717) is 22.0 Å². The second-order valence-electron chi connectivity index (χ2n) is 11.1. The first-order valence-electron chi connectivity index (χ1n) is 13.5. The quantitative estimate of drug-likeness (QED) is 0.414. The molecule has 1 fully saturated rings. The fraction of sp³-hybridized carbons (Fsp3) is 0.367. The van der Waals surface area contributed by atoms with Crippen molar-refractivity contribution in [2.45, 2.75) is 52.2 Å². The van der Waals surface area contributed by atoms with Crippen LogP contribution in [0.1, 0.15) is 67.3 Å². The van der Waals surface area contributed by atoms with Crippen molar-refractivity contribution in [3.05, 3.63) is 81.9 Å². The third kappa shape index (κ3) is 6.37. The number of hydrogen-bond donors (Lipinski definition) is 1. The molecule has 2 aromatic carbocycles. The van der Waals surface area contributed by atoms with Gasteiger partial charge in [-0.15, -0.1) is 0 Å². The largest absolute Gasteiger partial charge is 0.444 e. The van der Waals surface area contributed by atoms with Crippen LogP contribution in [-0.2, 0) is 11.3 Å². The number of fused-ring (bicyclic) bond motifs is 1. The van der Waals surface area contributed by atoms with Gasteiger partial charge in [0.25, 0.3) is 5.91 Å². The highest BCUT2D eigenvalue weighted by atomic mass is 35.5. The number of nitrogens with one attached hydrogen (secondary N) is 1. The molecule has 1 N–H and O–H groups in total. The molecule has 2 amide bonds. The Kier molecular flexibility index (Phi) is 7.96. The van der Waals surface area contributed by atoms with E-state index in [0.717, 1.165) is 43.5 Å². The number of carbonyl (C=O) groups excluding carboxylic acids is 2. The predicted octanol–water partition coefficient (Wildman–Crippen LogP) is 6.09. The van der Waals surface area contributed by atoms with Crippen LogP contribution in [0.15, 0.2) is 48.5 Å². The molecule has 5 rings (SSSR count). The van der Waals surface area contributed by atoms with Gasteiger partial charge in [0.1, 0.15) is 11.4 Å². The summed E-state index contributed by atoms with van der Waals surface area (Å²) in [5, 5.41) is 7.28. The summed E-state index contributed by atoms with van der Waals surface area (Å²) >= 11 is 6.16. The second kappa shape index (κ2) is 11.4. The number of hydrogen-bond acceptors (Lipinski definition) is 5. The van der Waals surface area contributed by atoms with E-state index in [2.05, 4.69) is 5.43 Å². The van der Waals surface area contributed by atoms with Gasteiger partial charge < -0.3 is 4.74 Å². The summed E-state index contributed by atoms with van der Waals surface area (Å²) in [7, 11) is 0.